The zero-order chi connectivity index (χ0) is 18.9. The summed E-state index contributed by atoms with van der Waals surface area (Å²) in [6.45, 7) is 5.51. The zero-order valence-corrected chi connectivity index (χ0v) is 15.6. The number of alkyl carbamates (subject to hydrolysis) is 1. The molecule has 1 saturated carbocycles. The summed E-state index contributed by atoms with van der Waals surface area (Å²) >= 11 is 0. The van der Waals surface area contributed by atoms with Gasteiger partial charge in [0, 0.05) is 24.2 Å². The number of ether oxygens (including phenoxy) is 1. The van der Waals surface area contributed by atoms with E-state index in [1.807, 2.05) is 26.8 Å². The maximum Gasteiger partial charge on any atom is 0.407 e. The largest absolute Gasteiger partial charge is 0.444 e. The first-order chi connectivity index (χ1) is 12.2. The van der Waals surface area contributed by atoms with E-state index in [4.69, 9.17) is 4.74 Å². The van der Waals surface area contributed by atoms with Gasteiger partial charge in [-0.25, -0.2) is 4.79 Å². The molecule has 1 atom stereocenters. The van der Waals surface area contributed by atoms with Gasteiger partial charge >= 0.3 is 6.09 Å². The molecule has 2 aliphatic carbocycles. The van der Waals surface area contributed by atoms with Gasteiger partial charge in [-0.3, -0.25) is 9.59 Å². The van der Waals surface area contributed by atoms with E-state index in [0.29, 0.717) is 18.4 Å². The molecule has 142 valence electrons. The molecule has 0 aliphatic heterocycles. The average molecular weight is 361 g/mol. The number of hydrogen-bond acceptors (Lipinski definition) is 4. The van der Waals surface area contributed by atoms with E-state index < -0.39 is 17.2 Å². The lowest BCUT2D eigenvalue weighted by Crippen LogP contribution is -2.60. The van der Waals surface area contributed by atoms with Crippen LogP contribution in [-0.2, 0) is 21.5 Å². The predicted molar refractivity (Wildman–Crippen MR) is 96.8 cm³/mol. The molecule has 0 bridgehead atoms. The van der Waals surface area contributed by atoms with Crippen molar-refractivity contribution in [3.8, 4) is 0 Å². The first-order valence-electron chi connectivity index (χ1n) is 9.17. The van der Waals surface area contributed by atoms with Crippen molar-refractivity contribution in [2.24, 2.45) is 5.92 Å². The molecule has 0 aromatic carbocycles. The van der Waals surface area contributed by atoms with Crippen LogP contribution in [0, 0.1) is 5.92 Å². The van der Waals surface area contributed by atoms with Crippen LogP contribution in [0.15, 0.2) is 17.1 Å². The molecule has 3 N–H and O–H groups in total. The smallest absolute Gasteiger partial charge is 0.407 e. The Kier molecular flexibility index (Phi) is 4.82. The number of fused-ring (bicyclic) bond motifs is 1. The standard InChI is InChI=1S/C19H27N3O4/c1-18(2,3)26-17(25)22-14-6-4-13(5-7-14)19(21-11-23)10-12-8-9-20-16(24)15(12)19/h8-9,11,13-14H,4-7,10H2,1-3H3,(H,20,24)(H,21,23)(H,22,25)/t13-,14-,19?. The number of aromatic nitrogens is 1. The van der Waals surface area contributed by atoms with Crippen LogP contribution in [-0.4, -0.2) is 29.1 Å². The van der Waals surface area contributed by atoms with Gasteiger partial charge in [-0.15, -0.1) is 0 Å². The molecule has 3 rings (SSSR count). The van der Waals surface area contributed by atoms with Gasteiger partial charge in [0.15, 0.2) is 0 Å². The maximum absolute atomic E-state index is 12.3. The third-order valence-electron chi connectivity index (χ3n) is 5.42. The maximum atomic E-state index is 12.3. The van der Waals surface area contributed by atoms with E-state index in [0.717, 1.165) is 31.2 Å². The lowest BCUT2D eigenvalue weighted by atomic mass is 9.60. The number of carbonyl (C=O) groups is 2. The van der Waals surface area contributed by atoms with Crippen LogP contribution in [0.3, 0.4) is 0 Å². The summed E-state index contributed by atoms with van der Waals surface area (Å²) in [5, 5.41) is 5.86. The number of hydrogen-bond donors (Lipinski definition) is 3. The summed E-state index contributed by atoms with van der Waals surface area (Å²) in [5.41, 5.74) is 0.462. The second-order valence-corrected chi connectivity index (χ2v) is 8.31. The van der Waals surface area contributed by atoms with Crippen molar-refractivity contribution in [1.29, 1.82) is 0 Å². The fourth-order valence-electron chi connectivity index (χ4n) is 4.34. The van der Waals surface area contributed by atoms with Crippen LogP contribution < -0.4 is 16.2 Å². The van der Waals surface area contributed by atoms with Gasteiger partial charge in [-0.2, -0.15) is 0 Å². The van der Waals surface area contributed by atoms with Crippen LogP contribution in [0.25, 0.3) is 0 Å². The highest BCUT2D eigenvalue weighted by atomic mass is 16.6. The minimum atomic E-state index is -0.581. The molecule has 0 saturated heterocycles. The van der Waals surface area contributed by atoms with Gasteiger partial charge in [0.05, 0.1) is 5.54 Å². The molecular weight excluding hydrogens is 334 g/mol. The molecule has 1 fully saturated rings. The van der Waals surface area contributed by atoms with Gasteiger partial charge in [-0.1, -0.05) is 0 Å². The molecule has 1 aromatic rings. The Morgan fingerprint density at radius 1 is 1.31 bits per heavy atom. The Bertz CT molecular complexity index is 744. The molecule has 2 aliphatic rings. The minimum absolute atomic E-state index is 0.0583. The topological polar surface area (TPSA) is 100 Å². The van der Waals surface area contributed by atoms with Crippen molar-refractivity contribution in [2.45, 2.75) is 70.1 Å². The van der Waals surface area contributed by atoms with E-state index in [1.54, 1.807) is 6.20 Å². The van der Waals surface area contributed by atoms with Crippen molar-refractivity contribution < 1.29 is 14.3 Å². The van der Waals surface area contributed by atoms with Gasteiger partial charge in [0.1, 0.15) is 5.60 Å². The molecule has 1 heterocycles. The summed E-state index contributed by atoms with van der Waals surface area (Å²) in [5.74, 6) is 0.181. The number of aromatic amines is 1. The monoisotopic (exact) mass is 361 g/mol. The Labute approximate surface area is 152 Å². The van der Waals surface area contributed by atoms with E-state index >= 15 is 0 Å². The highest BCUT2D eigenvalue weighted by Gasteiger charge is 2.51. The van der Waals surface area contributed by atoms with Crippen LogP contribution in [0.1, 0.15) is 57.6 Å². The van der Waals surface area contributed by atoms with Crippen LogP contribution in [0.4, 0.5) is 4.79 Å². The Hall–Kier alpha value is -2.31. The van der Waals surface area contributed by atoms with Crippen molar-refractivity contribution >= 4 is 12.5 Å². The summed E-state index contributed by atoms with van der Waals surface area (Å²) in [7, 11) is 0. The fraction of sp³-hybridized carbons (Fsp3) is 0.632. The van der Waals surface area contributed by atoms with Crippen molar-refractivity contribution in [3.63, 3.8) is 0 Å². The average Bonchev–Trinajstić information content (AvgIpc) is 2.51. The molecule has 1 unspecified atom stereocenters. The molecule has 2 amide bonds. The Morgan fingerprint density at radius 3 is 2.58 bits per heavy atom. The summed E-state index contributed by atoms with van der Waals surface area (Å²) in [4.78, 5) is 38.2. The molecule has 1 aromatic heterocycles. The lowest BCUT2D eigenvalue weighted by molar-refractivity contribution is -0.112. The second-order valence-electron chi connectivity index (χ2n) is 8.31. The molecule has 0 radical (unpaired) electrons. The first-order valence-corrected chi connectivity index (χ1v) is 9.17. The van der Waals surface area contributed by atoms with Gasteiger partial charge in [0.25, 0.3) is 5.56 Å². The quantitative estimate of drug-likeness (QED) is 0.714. The van der Waals surface area contributed by atoms with Crippen molar-refractivity contribution in [1.82, 2.24) is 15.6 Å². The van der Waals surface area contributed by atoms with Crippen molar-refractivity contribution in [3.05, 3.63) is 33.7 Å². The molecule has 7 heteroatoms. The highest BCUT2D eigenvalue weighted by molar-refractivity contribution is 5.68. The third-order valence-corrected chi connectivity index (χ3v) is 5.42. The van der Waals surface area contributed by atoms with E-state index in [1.165, 1.54) is 0 Å². The molecule has 0 spiro atoms. The minimum Gasteiger partial charge on any atom is -0.444 e. The molecule has 26 heavy (non-hydrogen) atoms. The SMILES string of the molecule is CC(C)(C)OC(=O)N[C@H]1CC[C@H](C2(NC=O)Cc3cc[nH]c(=O)c32)CC1. The number of carbonyl (C=O) groups excluding carboxylic acids is 2. The Morgan fingerprint density at radius 2 is 2.00 bits per heavy atom. The number of H-pyrrole nitrogens is 1. The van der Waals surface area contributed by atoms with E-state index in [2.05, 4.69) is 15.6 Å². The summed E-state index contributed by atoms with van der Waals surface area (Å²) in [6.07, 6.45) is 5.88. The van der Waals surface area contributed by atoms with Crippen LogP contribution in [0.2, 0.25) is 0 Å². The lowest BCUT2D eigenvalue weighted by Gasteiger charge is -2.50. The van der Waals surface area contributed by atoms with Crippen molar-refractivity contribution in [2.75, 3.05) is 0 Å². The van der Waals surface area contributed by atoms with Gasteiger partial charge in [-0.05, 0) is 64.0 Å². The normalized spacial score (nSPS) is 27.7. The van der Waals surface area contributed by atoms with Crippen LogP contribution in [0.5, 0.6) is 0 Å². The molecule has 7 nitrogen and oxygen atoms in total. The third kappa shape index (κ3) is 3.48. The summed E-state index contributed by atoms with van der Waals surface area (Å²) < 4.78 is 5.31. The van der Waals surface area contributed by atoms with E-state index in [9.17, 15) is 14.4 Å². The number of pyridine rings is 1. The number of amides is 2. The summed E-state index contributed by atoms with van der Waals surface area (Å²) in [6, 6.07) is 1.96. The number of rotatable bonds is 4. The highest BCUT2D eigenvalue weighted by Crippen LogP contribution is 2.47. The van der Waals surface area contributed by atoms with Crippen LogP contribution >= 0.6 is 0 Å². The first kappa shape index (κ1) is 18.5. The molecular formula is C19H27N3O4. The Balaban J connectivity index is 1.65. The fourth-order valence-corrected chi connectivity index (χ4v) is 4.34. The van der Waals surface area contributed by atoms with Gasteiger partial charge in [0.2, 0.25) is 6.41 Å². The predicted octanol–water partition coefficient (Wildman–Crippen LogP) is 1.96. The number of nitrogens with one attached hydrogen (secondary N) is 3. The second kappa shape index (κ2) is 6.78. The van der Waals surface area contributed by atoms with E-state index in [-0.39, 0.29) is 17.5 Å². The zero-order valence-electron chi connectivity index (χ0n) is 15.6. The van der Waals surface area contributed by atoms with Gasteiger partial charge < -0.3 is 20.4 Å².